The number of carboxylic acids is 1. The zero-order chi connectivity index (χ0) is 23.5. The minimum absolute atomic E-state index is 0.103. The van der Waals surface area contributed by atoms with Gasteiger partial charge >= 0.3 is 12.1 Å². The molecule has 1 heterocycles. The van der Waals surface area contributed by atoms with Crippen molar-refractivity contribution < 1.29 is 37.5 Å². The molecule has 0 bridgehead atoms. The van der Waals surface area contributed by atoms with E-state index in [4.69, 9.17) is 9.84 Å². The summed E-state index contributed by atoms with van der Waals surface area (Å²) in [5.41, 5.74) is -1.70. The first kappa shape index (κ1) is 22.3. The molecule has 3 aromatic rings. The lowest BCUT2D eigenvalue weighted by molar-refractivity contribution is -0.384. The monoisotopic (exact) mass is 450 g/mol. The van der Waals surface area contributed by atoms with Crippen LogP contribution in [0.5, 0.6) is 11.5 Å². The molecule has 0 aliphatic carbocycles. The number of rotatable bonds is 7. The highest BCUT2D eigenvalue weighted by Crippen LogP contribution is 2.34. The molecule has 0 radical (unpaired) electrons. The number of benzene rings is 2. The van der Waals surface area contributed by atoms with Crippen LogP contribution in [0.25, 0.3) is 0 Å². The number of carbonyl (C=O) groups is 2. The number of anilines is 1. The van der Waals surface area contributed by atoms with Gasteiger partial charge in [0.25, 0.3) is 11.6 Å². The van der Waals surface area contributed by atoms with Crippen LogP contribution in [0.3, 0.4) is 0 Å². The third kappa shape index (κ3) is 5.38. The number of halogens is 3. The number of alkyl halides is 3. The first-order chi connectivity index (χ1) is 15.0. The van der Waals surface area contributed by atoms with E-state index in [1.807, 2.05) is 0 Å². The molecule has 166 valence electrons. The fraction of sp³-hybridized carbons (Fsp3) is 0.105. The zero-order valence-electron chi connectivity index (χ0n) is 15.9. The minimum Gasteiger partial charge on any atom is -0.480 e. The van der Waals surface area contributed by atoms with Gasteiger partial charge in [0, 0.05) is 18.3 Å². The van der Waals surface area contributed by atoms with Crippen LogP contribution in [0.4, 0.5) is 24.5 Å². The van der Waals surface area contributed by atoms with Crippen molar-refractivity contribution in [1.82, 2.24) is 9.78 Å². The first-order valence-electron chi connectivity index (χ1n) is 8.72. The molecule has 0 saturated heterocycles. The number of ether oxygens (including phenoxy) is 1. The normalized spacial score (nSPS) is 11.1. The molecule has 0 aliphatic rings. The fourth-order valence-corrected chi connectivity index (χ4v) is 2.67. The van der Waals surface area contributed by atoms with E-state index in [9.17, 15) is 32.9 Å². The third-order valence-corrected chi connectivity index (χ3v) is 3.99. The molecule has 10 nitrogen and oxygen atoms in total. The van der Waals surface area contributed by atoms with Crippen LogP contribution in [0.2, 0.25) is 0 Å². The summed E-state index contributed by atoms with van der Waals surface area (Å²) in [4.78, 5) is 33.8. The molecule has 2 aromatic carbocycles. The molecule has 0 aliphatic heterocycles. The predicted molar refractivity (Wildman–Crippen MR) is 102 cm³/mol. The number of carboxylic acid groups (broad SMARTS) is 1. The molecule has 1 aromatic heterocycles. The second-order valence-corrected chi connectivity index (χ2v) is 6.32. The molecular formula is C19H13F3N4O6. The number of hydrogen-bond acceptors (Lipinski definition) is 6. The maximum atomic E-state index is 12.9. The van der Waals surface area contributed by atoms with Gasteiger partial charge in [-0.05, 0) is 24.3 Å². The number of nitro benzene ring substituents is 1. The number of aliphatic carboxylic acids is 1. The largest absolute Gasteiger partial charge is 0.480 e. The van der Waals surface area contributed by atoms with E-state index in [0.717, 1.165) is 35.0 Å². The lowest BCUT2D eigenvalue weighted by atomic mass is 10.2. The summed E-state index contributed by atoms with van der Waals surface area (Å²) in [6.07, 6.45) is -3.41. The average molecular weight is 450 g/mol. The maximum absolute atomic E-state index is 12.9. The molecule has 13 heteroatoms. The second-order valence-electron chi connectivity index (χ2n) is 6.32. The van der Waals surface area contributed by atoms with Gasteiger partial charge in [-0.25, -0.2) is 4.68 Å². The molecule has 32 heavy (non-hydrogen) atoms. The summed E-state index contributed by atoms with van der Waals surface area (Å²) in [6.45, 7) is -0.589. The quantitative estimate of drug-likeness (QED) is 0.411. The Morgan fingerprint density at radius 1 is 1.16 bits per heavy atom. The molecule has 3 rings (SSSR count). The Balaban J connectivity index is 1.89. The Kier molecular flexibility index (Phi) is 6.09. The van der Waals surface area contributed by atoms with E-state index in [-0.39, 0.29) is 22.9 Å². The highest BCUT2D eigenvalue weighted by Gasteiger charge is 2.30. The summed E-state index contributed by atoms with van der Waals surface area (Å²) in [5.74, 6) is -2.48. The molecule has 0 unspecified atom stereocenters. The van der Waals surface area contributed by atoms with Crippen LogP contribution < -0.4 is 10.1 Å². The van der Waals surface area contributed by atoms with Gasteiger partial charge in [0.05, 0.1) is 22.2 Å². The van der Waals surface area contributed by atoms with Crippen molar-refractivity contribution in [3.63, 3.8) is 0 Å². The van der Waals surface area contributed by atoms with Crippen LogP contribution in [-0.4, -0.2) is 31.7 Å². The van der Waals surface area contributed by atoms with Gasteiger partial charge in [0.2, 0.25) is 0 Å². The van der Waals surface area contributed by atoms with E-state index in [1.54, 1.807) is 0 Å². The number of amides is 1. The summed E-state index contributed by atoms with van der Waals surface area (Å²) < 4.78 is 44.9. The van der Waals surface area contributed by atoms with E-state index in [0.29, 0.717) is 0 Å². The summed E-state index contributed by atoms with van der Waals surface area (Å²) >= 11 is 0. The van der Waals surface area contributed by atoms with Gasteiger partial charge < -0.3 is 15.2 Å². The Hall–Kier alpha value is -4.42. The lowest BCUT2D eigenvalue weighted by Crippen LogP contribution is -2.20. The topological polar surface area (TPSA) is 137 Å². The summed E-state index contributed by atoms with van der Waals surface area (Å²) in [6, 6.07) is 8.31. The Labute approximate surface area is 177 Å². The molecule has 0 saturated carbocycles. The minimum atomic E-state index is -4.61. The Morgan fingerprint density at radius 2 is 1.91 bits per heavy atom. The summed E-state index contributed by atoms with van der Waals surface area (Å²) in [5, 5.41) is 26.2. The fourth-order valence-electron chi connectivity index (χ4n) is 2.67. The van der Waals surface area contributed by atoms with Crippen LogP contribution in [0.15, 0.2) is 54.7 Å². The molecule has 0 fully saturated rings. The average Bonchev–Trinajstić information content (AvgIpc) is 3.15. The zero-order valence-corrected chi connectivity index (χ0v) is 15.9. The van der Waals surface area contributed by atoms with Crippen molar-refractivity contribution in [2.45, 2.75) is 12.7 Å². The number of nitro groups is 1. The number of aromatic nitrogens is 2. The van der Waals surface area contributed by atoms with E-state index in [1.165, 1.54) is 24.4 Å². The number of nitrogens with zero attached hydrogens (tertiary/aromatic N) is 3. The standard InChI is InChI=1S/C19H13F3N4O6/c20-19(21,22)11-2-1-3-14(6-11)32-15-8-12(7-13(9-15)26(30)31)24-18(29)16-4-5-23-25(16)10-17(27)28/h1-9H,10H2,(H,24,29)(H,27,28). The van der Waals surface area contributed by atoms with Crippen LogP contribution in [0, 0.1) is 10.1 Å². The molecule has 0 spiro atoms. The number of nitrogens with one attached hydrogen (secondary N) is 1. The molecule has 2 N–H and O–H groups in total. The van der Waals surface area contributed by atoms with Gasteiger partial charge in [-0.1, -0.05) is 6.07 Å². The van der Waals surface area contributed by atoms with E-state index >= 15 is 0 Å². The van der Waals surface area contributed by atoms with Crippen LogP contribution >= 0.6 is 0 Å². The Bertz CT molecular complexity index is 1190. The predicted octanol–water partition coefficient (Wildman–Crippen LogP) is 3.94. The van der Waals surface area contributed by atoms with Crippen molar-refractivity contribution in [2.75, 3.05) is 5.32 Å². The number of hydrogen-bond donors (Lipinski definition) is 2. The van der Waals surface area contributed by atoms with Crippen LogP contribution in [-0.2, 0) is 17.5 Å². The highest BCUT2D eigenvalue weighted by atomic mass is 19.4. The molecular weight excluding hydrogens is 437 g/mol. The lowest BCUT2D eigenvalue weighted by Gasteiger charge is -2.12. The van der Waals surface area contributed by atoms with E-state index in [2.05, 4.69) is 10.4 Å². The number of carbonyl (C=O) groups excluding carboxylic acids is 1. The van der Waals surface area contributed by atoms with Crippen LogP contribution in [0.1, 0.15) is 16.1 Å². The third-order valence-electron chi connectivity index (χ3n) is 3.99. The van der Waals surface area contributed by atoms with Crippen molar-refractivity contribution in [3.05, 3.63) is 76.1 Å². The molecule has 1 amide bonds. The van der Waals surface area contributed by atoms with Gasteiger partial charge in [-0.2, -0.15) is 18.3 Å². The second kappa shape index (κ2) is 8.75. The van der Waals surface area contributed by atoms with Gasteiger partial charge in [0.15, 0.2) is 0 Å². The smallest absolute Gasteiger partial charge is 0.416 e. The van der Waals surface area contributed by atoms with Crippen molar-refractivity contribution in [3.8, 4) is 11.5 Å². The summed E-state index contributed by atoms with van der Waals surface area (Å²) in [7, 11) is 0. The Morgan fingerprint density at radius 3 is 2.56 bits per heavy atom. The van der Waals surface area contributed by atoms with Crippen molar-refractivity contribution in [2.24, 2.45) is 0 Å². The number of non-ortho nitro benzene ring substituents is 1. The van der Waals surface area contributed by atoms with Gasteiger partial charge in [-0.15, -0.1) is 0 Å². The first-order valence-corrected chi connectivity index (χ1v) is 8.72. The SMILES string of the molecule is O=C(O)Cn1nccc1C(=O)Nc1cc(Oc2cccc(C(F)(F)F)c2)cc([N+](=O)[O-])c1. The van der Waals surface area contributed by atoms with Crippen molar-refractivity contribution in [1.29, 1.82) is 0 Å². The van der Waals surface area contributed by atoms with E-state index < -0.39 is 40.8 Å². The molecule has 0 atom stereocenters. The van der Waals surface area contributed by atoms with Gasteiger partial charge in [0.1, 0.15) is 23.7 Å². The maximum Gasteiger partial charge on any atom is 0.416 e. The van der Waals surface area contributed by atoms with Gasteiger partial charge in [-0.3, -0.25) is 19.7 Å². The highest BCUT2D eigenvalue weighted by molar-refractivity contribution is 6.03. The van der Waals surface area contributed by atoms with Crippen molar-refractivity contribution >= 4 is 23.3 Å².